The van der Waals surface area contributed by atoms with E-state index in [1.165, 1.54) is 18.4 Å². The Hall–Kier alpha value is -2.29. The van der Waals surface area contributed by atoms with Gasteiger partial charge in [0.25, 0.3) is 5.91 Å². The van der Waals surface area contributed by atoms with Crippen molar-refractivity contribution in [1.29, 1.82) is 0 Å². The van der Waals surface area contributed by atoms with Crippen LogP contribution in [0.15, 0.2) is 4.52 Å². The summed E-state index contributed by atoms with van der Waals surface area (Å²) >= 11 is 1.22. The third-order valence-electron chi connectivity index (χ3n) is 2.62. The lowest BCUT2D eigenvalue weighted by atomic mass is 10.3. The standard InChI is InChI=1S/C12H17N5O3S/c1-4-14-11(18)10-8(13)9(19-3)12(21-10)15-5-7-16-6(2)17-20-7/h15H,4-5,13H2,1-3H3,(H,14,18). The zero-order valence-corrected chi connectivity index (χ0v) is 12.8. The molecule has 0 aliphatic rings. The molecule has 0 saturated heterocycles. The molecule has 0 radical (unpaired) electrons. The fourth-order valence-electron chi connectivity index (χ4n) is 1.73. The van der Waals surface area contributed by atoms with Crippen molar-refractivity contribution in [3.05, 3.63) is 16.6 Å². The molecule has 114 valence electrons. The Morgan fingerprint density at radius 2 is 2.29 bits per heavy atom. The second-order valence-corrected chi connectivity index (χ2v) is 5.18. The number of nitrogens with two attached hydrogens (primary N) is 1. The number of amides is 1. The zero-order chi connectivity index (χ0) is 15.4. The Morgan fingerprint density at radius 3 is 2.86 bits per heavy atom. The van der Waals surface area contributed by atoms with Crippen LogP contribution < -0.4 is 21.1 Å². The van der Waals surface area contributed by atoms with Gasteiger partial charge >= 0.3 is 0 Å². The second-order valence-electron chi connectivity index (χ2n) is 4.16. The van der Waals surface area contributed by atoms with Crippen LogP contribution in [0.1, 0.15) is 28.3 Å². The first kappa shape index (κ1) is 15.1. The molecule has 2 rings (SSSR count). The highest BCUT2D eigenvalue weighted by molar-refractivity contribution is 7.19. The molecule has 0 unspecified atom stereocenters. The molecule has 2 aromatic heterocycles. The van der Waals surface area contributed by atoms with E-state index in [9.17, 15) is 4.79 Å². The summed E-state index contributed by atoms with van der Waals surface area (Å²) in [5.74, 6) is 1.23. The zero-order valence-electron chi connectivity index (χ0n) is 12.0. The second kappa shape index (κ2) is 6.44. The maximum atomic E-state index is 11.9. The smallest absolute Gasteiger partial charge is 0.263 e. The lowest BCUT2D eigenvalue weighted by Gasteiger charge is -2.04. The normalized spacial score (nSPS) is 10.4. The van der Waals surface area contributed by atoms with Crippen LogP contribution in [0.4, 0.5) is 10.7 Å². The molecule has 0 aliphatic carbocycles. The summed E-state index contributed by atoms with van der Waals surface area (Å²) in [4.78, 5) is 16.4. The average Bonchev–Trinajstić information content (AvgIpc) is 3.00. The quantitative estimate of drug-likeness (QED) is 0.738. The highest BCUT2D eigenvalue weighted by Gasteiger charge is 2.21. The number of hydrogen-bond donors (Lipinski definition) is 3. The molecule has 0 aliphatic heterocycles. The van der Waals surface area contributed by atoms with Gasteiger partial charge in [0.1, 0.15) is 15.6 Å². The summed E-state index contributed by atoms with van der Waals surface area (Å²) in [6.07, 6.45) is 0. The molecule has 0 saturated carbocycles. The molecule has 0 atom stereocenters. The van der Waals surface area contributed by atoms with Gasteiger partial charge in [-0.15, -0.1) is 11.3 Å². The number of ether oxygens (including phenoxy) is 1. The first-order valence-corrected chi connectivity index (χ1v) is 7.16. The molecule has 21 heavy (non-hydrogen) atoms. The van der Waals surface area contributed by atoms with Crippen LogP contribution in [0.5, 0.6) is 5.75 Å². The van der Waals surface area contributed by atoms with Crippen LogP contribution in [-0.2, 0) is 6.54 Å². The lowest BCUT2D eigenvalue weighted by Crippen LogP contribution is -2.22. The molecule has 1 amide bonds. The summed E-state index contributed by atoms with van der Waals surface area (Å²) in [7, 11) is 1.50. The van der Waals surface area contributed by atoms with Crippen molar-refractivity contribution in [1.82, 2.24) is 15.5 Å². The highest BCUT2D eigenvalue weighted by Crippen LogP contribution is 2.42. The fraction of sp³-hybridized carbons (Fsp3) is 0.417. The van der Waals surface area contributed by atoms with Gasteiger partial charge in [-0.05, 0) is 13.8 Å². The molecule has 2 heterocycles. The van der Waals surface area contributed by atoms with Crippen molar-refractivity contribution >= 4 is 27.9 Å². The Bertz CT molecular complexity index is 637. The van der Waals surface area contributed by atoms with Crippen LogP contribution in [0.3, 0.4) is 0 Å². The van der Waals surface area contributed by atoms with Gasteiger partial charge in [-0.2, -0.15) is 4.98 Å². The van der Waals surface area contributed by atoms with Crippen LogP contribution in [0.25, 0.3) is 0 Å². The number of aryl methyl sites for hydroxylation is 1. The van der Waals surface area contributed by atoms with Crippen molar-refractivity contribution in [2.75, 3.05) is 24.7 Å². The van der Waals surface area contributed by atoms with E-state index >= 15 is 0 Å². The number of nitrogen functional groups attached to an aromatic ring is 1. The minimum atomic E-state index is -0.222. The van der Waals surface area contributed by atoms with E-state index in [0.717, 1.165) is 0 Å². The largest absolute Gasteiger partial charge is 0.492 e. The van der Waals surface area contributed by atoms with Crippen LogP contribution in [-0.4, -0.2) is 29.7 Å². The topological polar surface area (TPSA) is 115 Å². The number of nitrogens with one attached hydrogen (secondary N) is 2. The molecule has 9 heteroatoms. The molecule has 0 fully saturated rings. The number of hydrogen-bond acceptors (Lipinski definition) is 8. The number of nitrogens with zero attached hydrogens (tertiary/aromatic N) is 2. The van der Waals surface area contributed by atoms with Gasteiger partial charge in [0.15, 0.2) is 11.6 Å². The van der Waals surface area contributed by atoms with E-state index in [4.69, 9.17) is 15.0 Å². The summed E-state index contributed by atoms with van der Waals surface area (Å²) in [5, 5.41) is 10.2. The minimum Gasteiger partial charge on any atom is -0.492 e. The Morgan fingerprint density at radius 1 is 1.52 bits per heavy atom. The maximum Gasteiger partial charge on any atom is 0.263 e. The van der Waals surface area contributed by atoms with Gasteiger partial charge in [0.2, 0.25) is 5.89 Å². The minimum absolute atomic E-state index is 0.222. The Kier molecular flexibility index (Phi) is 4.63. The van der Waals surface area contributed by atoms with Gasteiger partial charge in [-0.1, -0.05) is 5.16 Å². The SMILES string of the molecule is CCNC(=O)c1sc(NCc2nc(C)no2)c(OC)c1N. The molecular weight excluding hydrogens is 294 g/mol. The molecule has 0 aromatic carbocycles. The van der Waals surface area contributed by atoms with Gasteiger partial charge in [0.05, 0.1) is 13.7 Å². The molecule has 8 nitrogen and oxygen atoms in total. The van der Waals surface area contributed by atoms with Crippen molar-refractivity contribution in [2.24, 2.45) is 0 Å². The van der Waals surface area contributed by atoms with Gasteiger partial charge in [-0.25, -0.2) is 0 Å². The summed E-state index contributed by atoms with van der Waals surface area (Å²) in [6.45, 7) is 4.44. The van der Waals surface area contributed by atoms with Crippen LogP contribution in [0, 0.1) is 6.92 Å². The van der Waals surface area contributed by atoms with Gasteiger partial charge in [0, 0.05) is 6.54 Å². The predicted octanol–water partition coefficient (Wildman–Crippen LogP) is 1.39. The van der Waals surface area contributed by atoms with Crippen molar-refractivity contribution < 1.29 is 14.1 Å². The molecule has 2 aromatic rings. The lowest BCUT2D eigenvalue weighted by molar-refractivity contribution is 0.0960. The molecule has 0 spiro atoms. The third kappa shape index (κ3) is 3.24. The highest BCUT2D eigenvalue weighted by atomic mass is 32.1. The molecule has 4 N–H and O–H groups in total. The summed E-state index contributed by atoms with van der Waals surface area (Å²) in [6, 6.07) is 0. The number of rotatable bonds is 6. The molecule has 0 bridgehead atoms. The summed E-state index contributed by atoms with van der Waals surface area (Å²) in [5.41, 5.74) is 6.27. The number of thiophene rings is 1. The number of methoxy groups -OCH3 is 1. The van der Waals surface area contributed by atoms with Crippen molar-refractivity contribution in [3.63, 3.8) is 0 Å². The first-order valence-electron chi connectivity index (χ1n) is 6.34. The van der Waals surface area contributed by atoms with Crippen LogP contribution in [0.2, 0.25) is 0 Å². The third-order valence-corrected chi connectivity index (χ3v) is 3.76. The van der Waals surface area contributed by atoms with E-state index < -0.39 is 0 Å². The Balaban J connectivity index is 2.18. The van der Waals surface area contributed by atoms with Crippen molar-refractivity contribution in [2.45, 2.75) is 20.4 Å². The maximum absolute atomic E-state index is 11.9. The number of anilines is 2. The number of aromatic nitrogens is 2. The predicted molar refractivity (Wildman–Crippen MR) is 79.7 cm³/mol. The van der Waals surface area contributed by atoms with E-state index in [1.807, 2.05) is 6.92 Å². The summed E-state index contributed by atoms with van der Waals surface area (Å²) < 4.78 is 10.3. The average molecular weight is 311 g/mol. The molecular formula is C12H17N5O3S. The van der Waals surface area contributed by atoms with Crippen molar-refractivity contribution in [3.8, 4) is 5.75 Å². The Labute approximate surface area is 125 Å². The monoisotopic (exact) mass is 311 g/mol. The van der Waals surface area contributed by atoms with Gasteiger partial charge < -0.3 is 25.6 Å². The number of carbonyl (C=O) groups is 1. The first-order chi connectivity index (χ1) is 10.1. The van der Waals surface area contributed by atoms with E-state index in [2.05, 4.69) is 20.8 Å². The fourth-order valence-corrected chi connectivity index (χ4v) is 2.73. The van der Waals surface area contributed by atoms with E-state index in [1.54, 1.807) is 6.92 Å². The van der Waals surface area contributed by atoms with E-state index in [-0.39, 0.29) is 5.91 Å². The number of carbonyl (C=O) groups excluding carboxylic acids is 1. The van der Waals surface area contributed by atoms with E-state index in [0.29, 0.717) is 46.1 Å². The van der Waals surface area contributed by atoms with Gasteiger partial charge in [-0.3, -0.25) is 4.79 Å². The van der Waals surface area contributed by atoms with Crippen LogP contribution >= 0.6 is 11.3 Å².